The monoisotopic (exact) mass is 327 g/mol. The molecule has 0 spiro atoms. The van der Waals surface area contributed by atoms with Gasteiger partial charge in [0, 0.05) is 18.0 Å². The second-order valence-electron chi connectivity index (χ2n) is 5.58. The van der Waals surface area contributed by atoms with Crippen molar-refractivity contribution in [3.63, 3.8) is 0 Å². The normalized spacial score (nSPS) is 22.0. The molecule has 1 aliphatic heterocycles. The van der Waals surface area contributed by atoms with E-state index in [1.807, 2.05) is 38.1 Å². The third kappa shape index (κ3) is 4.23. The average molecular weight is 327 g/mol. The summed E-state index contributed by atoms with van der Waals surface area (Å²) in [6.07, 6.45) is 0.548. The van der Waals surface area contributed by atoms with Crippen molar-refractivity contribution >= 4 is 27.5 Å². The van der Waals surface area contributed by atoms with E-state index in [2.05, 4.69) is 0 Å². The van der Waals surface area contributed by atoms with Crippen molar-refractivity contribution in [2.45, 2.75) is 36.5 Å². The summed E-state index contributed by atoms with van der Waals surface area (Å²) in [6.45, 7) is 3.89. The lowest BCUT2D eigenvalue weighted by Gasteiger charge is -2.26. The lowest BCUT2D eigenvalue weighted by molar-refractivity contribution is -0.130. The van der Waals surface area contributed by atoms with E-state index in [-0.39, 0.29) is 28.7 Å². The van der Waals surface area contributed by atoms with Gasteiger partial charge in [0.2, 0.25) is 5.91 Å². The number of rotatable bonds is 4. The summed E-state index contributed by atoms with van der Waals surface area (Å²) in [4.78, 5) is 15.1. The van der Waals surface area contributed by atoms with Crippen LogP contribution in [-0.4, -0.2) is 49.1 Å². The molecule has 0 bridgehead atoms. The summed E-state index contributed by atoms with van der Waals surface area (Å²) in [5, 5.41) is -0.221. The average Bonchev–Trinajstić information content (AvgIpc) is 2.80. The van der Waals surface area contributed by atoms with Crippen molar-refractivity contribution in [2.75, 3.05) is 18.6 Å². The van der Waals surface area contributed by atoms with E-state index in [1.54, 1.807) is 11.9 Å². The molecule has 1 amide bonds. The number of amides is 1. The molecule has 1 aliphatic rings. The number of aryl methyl sites for hydroxylation is 1. The standard InChI is InChI=1S/C15H21NO3S2/c1-11-4-6-14(7-5-11)20-12(2)15(17)16(3)13-8-9-21(18,19)10-13/h4-7,12-13H,8-10H2,1-3H3. The SMILES string of the molecule is Cc1ccc(SC(C)C(=O)N(C)C2CCS(=O)(=O)C2)cc1. The molecule has 1 saturated heterocycles. The minimum Gasteiger partial charge on any atom is -0.341 e. The third-order valence-corrected chi connectivity index (χ3v) is 6.64. The minimum atomic E-state index is -2.96. The van der Waals surface area contributed by atoms with Gasteiger partial charge in [0.15, 0.2) is 9.84 Å². The maximum atomic E-state index is 12.4. The summed E-state index contributed by atoms with van der Waals surface area (Å²) in [5.74, 6) is 0.272. The Bertz CT molecular complexity index is 610. The minimum absolute atomic E-state index is 0.0114. The first-order valence-electron chi connectivity index (χ1n) is 6.99. The van der Waals surface area contributed by atoms with Crippen molar-refractivity contribution in [1.82, 2.24) is 4.90 Å². The zero-order valence-electron chi connectivity index (χ0n) is 12.6. The molecular weight excluding hydrogens is 306 g/mol. The van der Waals surface area contributed by atoms with Gasteiger partial charge in [-0.1, -0.05) is 17.7 Å². The van der Waals surface area contributed by atoms with Crippen LogP contribution in [0.3, 0.4) is 0 Å². The summed E-state index contributed by atoms with van der Waals surface area (Å²) in [6, 6.07) is 7.87. The van der Waals surface area contributed by atoms with Crippen LogP contribution in [0.4, 0.5) is 0 Å². The second kappa shape index (κ2) is 6.40. The highest BCUT2D eigenvalue weighted by molar-refractivity contribution is 8.00. The molecule has 1 aromatic rings. The molecule has 2 atom stereocenters. The lowest BCUT2D eigenvalue weighted by Crippen LogP contribution is -2.41. The largest absolute Gasteiger partial charge is 0.341 e. The van der Waals surface area contributed by atoms with Crippen LogP contribution in [0, 0.1) is 6.92 Å². The first-order valence-corrected chi connectivity index (χ1v) is 9.69. The molecule has 6 heteroatoms. The molecule has 116 valence electrons. The van der Waals surface area contributed by atoms with Crippen molar-refractivity contribution in [2.24, 2.45) is 0 Å². The summed E-state index contributed by atoms with van der Waals surface area (Å²) >= 11 is 1.51. The number of thioether (sulfide) groups is 1. The fourth-order valence-corrected chi connectivity index (χ4v) is 5.16. The van der Waals surface area contributed by atoms with Gasteiger partial charge >= 0.3 is 0 Å². The Hall–Kier alpha value is -1.01. The zero-order valence-corrected chi connectivity index (χ0v) is 14.2. The molecule has 1 aromatic carbocycles. The Balaban J connectivity index is 1.97. The highest BCUT2D eigenvalue weighted by Gasteiger charge is 2.34. The molecule has 2 rings (SSSR count). The summed E-state index contributed by atoms with van der Waals surface area (Å²) in [7, 11) is -1.26. The van der Waals surface area contributed by atoms with Gasteiger partial charge in [-0.2, -0.15) is 0 Å². The Morgan fingerprint density at radius 3 is 2.48 bits per heavy atom. The molecule has 0 N–H and O–H groups in total. The highest BCUT2D eigenvalue weighted by atomic mass is 32.2. The smallest absolute Gasteiger partial charge is 0.235 e. The van der Waals surface area contributed by atoms with E-state index in [0.717, 1.165) is 4.90 Å². The van der Waals surface area contributed by atoms with Crippen LogP contribution in [0.1, 0.15) is 18.9 Å². The van der Waals surface area contributed by atoms with Crippen LogP contribution < -0.4 is 0 Å². The van der Waals surface area contributed by atoms with Gasteiger partial charge in [-0.25, -0.2) is 8.42 Å². The highest BCUT2D eigenvalue weighted by Crippen LogP contribution is 2.26. The predicted molar refractivity (Wildman–Crippen MR) is 86.3 cm³/mol. The van der Waals surface area contributed by atoms with Crippen LogP contribution in [-0.2, 0) is 14.6 Å². The van der Waals surface area contributed by atoms with Crippen molar-refractivity contribution < 1.29 is 13.2 Å². The number of benzene rings is 1. The Morgan fingerprint density at radius 2 is 1.95 bits per heavy atom. The maximum absolute atomic E-state index is 12.4. The van der Waals surface area contributed by atoms with Gasteiger partial charge in [0.05, 0.1) is 16.8 Å². The number of sulfone groups is 1. The van der Waals surface area contributed by atoms with Gasteiger partial charge in [-0.15, -0.1) is 11.8 Å². The molecular formula is C15H21NO3S2. The zero-order chi connectivity index (χ0) is 15.6. The van der Waals surface area contributed by atoms with E-state index in [4.69, 9.17) is 0 Å². The molecule has 21 heavy (non-hydrogen) atoms. The number of hydrogen-bond acceptors (Lipinski definition) is 4. The molecule has 4 nitrogen and oxygen atoms in total. The number of carbonyl (C=O) groups is 1. The van der Waals surface area contributed by atoms with Crippen LogP contribution in [0.2, 0.25) is 0 Å². The van der Waals surface area contributed by atoms with Gasteiger partial charge < -0.3 is 4.90 Å². The van der Waals surface area contributed by atoms with Gasteiger partial charge in [-0.3, -0.25) is 4.79 Å². The quantitative estimate of drug-likeness (QED) is 0.795. The molecule has 0 radical (unpaired) electrons. The molecule has 0 saturated carbocycles. The van der Waals surface area contributed by atoms with Crippen molar-refractivity contribution in [1.29, 1.82) is 0 Å². The van der Waals surface area contributed by atoms with E-state index in [9.17, 15) is 13.2 Å². The molecule has 0 aromatic heterocycles. The van der Waals surface area contributed by atoms with E-state index >= 15 is 0 Å². The Kier molecular flexibility index (Phi) is 4.99. The molecule has 2 unspecified atom stereocenters. The molecule has 1 fully saturated rings. The fraction of sp³-hybridized carbons (Fsp3) is 0.533. The van der Waals surface area contributed by atoms with E-state index in [1.165, 1.54) is 17.3 Å². The van der Waals surface area contributed by atoms with Crippen LogP contribution >= 0.6 is 11.8 Å². The topological polar surface area (TPSA) is 54.5 Å². The van der Waals surface area contributed by atoms with Crippen LogP contribution in [0.25, 0.3) is 0 Å². The fourth-order valence-electron chi connectivity index (χ4n) is 2.42. The Morgan fingerprint density at radius 1 is 1.33 bits per heavy atom. The van der Waals surface area contributed by atoms with Crippen LogP contribution in [0.15, 0.2) is 29.2 Å². The number of hydrogen-bond donors (Lipinski definition) is 0. The lowest BCUT2D eigenvalue weighted by atomic mass is 10.2. The molecule has 1 heterocycles. The van der Waals surface area contributed by atoms with Gasteiger partial charge in [0.1, 0.15) is 0 Å². The van der Waals surface area contributed by atoms with Crippen molar-refractivity contribution in [3.05, 3.63) is 29.8 Å². The second-order valence-corrected chi connectivity index (χ2v) is 9.22. The van der Waals surface area contributed by atoms with E-state index in [0.29, 0.717) is 6.42 Å². The first-order chi connectivity index (χ1) is 9.78. The van der Waals surface area contributed by atoms with Gasteiger partial charge in [0.25, 0.3) is 0 Å². The summed E-state index contributed by atoms with van der Waals surface area (Å²) in [5.41, 5.74) is 1.19. The Labute approximate surface area is 130 Å². The van der Waals surface area contributed by atoms with E-state index < -0.39 is 9.84 Å². The van der Waals surface area contributed by atoms with Crippen molar-refractivity contribution in [3.8, 4) is 0 Å². The summed E-state index contributed by atoms with van der Waals surface area (Å²) < 4.78 is 23.0. The first kappa shape index (κ1) is 16.4. The maximum Gasteiger partial charge on any atom is 0.235 e. The van der Waals surface area contributed by atoms with Gasteiger partial charge in [-0.05, 0) is 32.4 Å². The number of nitrogens with zero attached hydrogens (tertiary/aromatic N) is 1. The number of carbonyl (C=O) groups excluding carboxylic acids is 1. The van der Waals surface area contributed by atoms with Crippen LogP contribution in [0.5, 0.6) is 0 Å². The third-order valence-electron chi connectivity index (χ3n) is 3.79. The molecule has 0 aliphatic carbocycles. The predicted octanol–water partition coefficient (Wildman–Crippen LogP) is 2.12.